The van der Waals surface area contributed by atoms with Gasteiger partial charge in [0.2, 0.25) is 10.0 Å². The molecule has 2 heterocycles. The minimum Gasteiger partial charge on any atom is -0.455 e. The zero-order chi connectivity index (χ0) is 31.4. The number of fused-ring (bicyclic) bond motifs is 2. The maximum atomic E-state index is 13.7. The van der Waals surface area contributed by atoms with E-state index in [0.29, 0.717) is 27.6 Å². The van der Waals surface area contributed by atoms with Crippen molar-refractivity contribution in [1.82, 2.24) is 10.0 Å². The predicted octanol–water partition coefficient (Wildman–Crippen LogP) is 5.03. The SMILES string of the molecule is CNC(=O)c1c(-c2ccc(F)cc2)oc2cc(N(C)S(C)(=O)=O)c(-c3cccc(C4=Nc5ccccc5S(=O)(=O)N4)c3)cc12. The minimum atomic E-state index is -3.88. The van der Waals surface area contributed by atoms with Crippen LogP contribution in [0, 0.1) is 5.82 Å². The fourth-order valence-corrected chi connectivity index (χ4v) is 6.70. The third kappa shape index (κ3) is 5.09. The van der Waals surface area contributed by atoms with Crippen LogP contribution in [0.25, 0.3) is 33.4 Å². The summed E-state index contributed by atoms with van der Waals surface area (Å²) in [6, 6.07) is 21.8. The van der Waals surface area contributed by atoms with Gasteiger partial charge in [-0.05, 0) is 54.1 Å². The van der Waals surface area contributed by atoms with Crippen molar-refractivity contribution in [1.29, 1.82) is 0 Å². The maximum absolute atomic E-state index is 13.7. The number of halogens is 1. The van der Waals surface area contributed by atoms with E-state index in [1.165, 1.54) is 50.5 Å². The number of hydrogen-bond acceptors (Lipinski definition) is 7. The van der Waals surface area contributed by atoms with E-state index < -0.39 is 31.8 Å². The lowest BCUT2D eigenvalue weighted by atomic mass is 9.97. The molecule has 4 aromatic carbocycles. The number of rotatable bonds is 6. The standard InChI is InChI=1S/C31H25FN4O6S2/c1-33-31(37)28-23-16-22(19-7-6-8-20(15-19)30-34-24-9-4-5-10-27(24)44(40,41)35-30)25(36(2)43(3,38)39)17-26(23)42-29(28)18-11-13-21(32)14-12-18/h4-17H,1-3H3,(H,33,37)(H,34,35). The first-order valence-electron chi connectivity index (χ1n) is 13.2. The van der Waals surface area contributed by atoms with E-state index in [4.69, 9.17) is 4.42 Å². The molecule has 10 nitrogen and oxygen atoms in total. The number of nitrogens with zero attached hydrogens (tertiary/aromatic N) is 2. The quantitative estimate of drug-likeness (QED) is 0.269. The smallest absolute Gasteiger partial charge is 0.265 e. The Morgan fingerprint density at radius 3 is 2.36 bits per heavy atom. The van der Waals surface area contributed by atoms with Crippen LogP contribution < -0.4 is 14.3 Å². The number of carbonyl (C=O) groups is 1. The molecule has 6 rings (SSSR count). The van der Waals surface area contributed by atoms with Gasteiger partial charge < -0.3 is 9.73 Å². The van der Waals surface area contributed by atoms with Gasteiger partial charge in [-0.15, -0.1) is 0 Å². The van der Waals surface area contributed by atoms with Gasteiger partial charge >= 0.3 is 0 Å². The Morgan fingerprint density at radius 2 is 1.66 bits per heavy atom. The molecule has 2 N–H and O–H groups in total. The first-order valence-corrected chi connectivity index (χ1v) is 16.5. The second-order valence-corrected chi connectivity index (χ2v) is 13.8. The number of hydrogen-bond donors (Lipinski definition) is 2. The van der Waals surface area contributed by atoms with E-state index in [1.807, 2.05) is 0 Å². The fourth-order valence-electron chi connectivity index (χ4n) is 5.02. The van der Waals surface area contributed by atoms with Crippen LogP contribution in [0.5, 0.6) is 0 Å². The van der Waals surface area contributed by atoms with Gasteiger partial charge in [0.1, 0.15) is 27.9 Å². The Labute approximate surface area is 253 Å². The summed E-state index contributed by atoms with van der Waals surface area (Å²) < 4.78 is 74.8. The van der Waals surface area contributed by atoms with Crippen LogP contribution in [0.4, 0.5) is 15.8 Å². The first kappa shape index (κ1) is 29.1. The molecule has 0 bridgehead atoms. The van der Waals surface area contributed by atoms with Crippen molar-refractivity contribution in [2.75, 3.05) is 24.7 Å². The molecule has 1 aliphatic rings. The average molecular weight is 633 g/mol. The number of amidine groups is 1. The molecule has 0 fully saturated rings. The molecule has 0 aliphatic carbocycles. The van der Waals surface area contributed by atoms with Gasteiger partial charge in [0, 0.05) is 42.2 Å². The van der Waals surface area contributed by atoms with Crippen molar-refractivity contribution in [3.63, 3.8) is 0 Å². The molecular weight excluding hydrogens is 607 g/mol. The van der Waals surface area contributed by atoms with Gasteiger partial charge in [0.25, 0.3) is 15.9 Å². The molecule has 224 valence electrons. The van der Waals surface area contributed by atoms with E-state index in [0.717, 1.165) is 10.6 Å². The molecule has 0 radical (unpaired) electrons. The van der Waals surface area contributed by atoms with Gasteiger partial charge in [-0.2, -0.15) is 0 Å². The van der Waals surface area contributed by atoms with E-state index in [1.54, 1.807) is 48.5 Å². The minimum absolute atomic E-state index is 0.0565. The van der Waals surface area contributed by atoms with Crippen molar-refractivity contribution in [3.8, 4) is 22.5 Å². The van der Waals surface area contributed by atoms with Crippen molar-refractivity contribution >= 4 is 54.1 Å². The lowest BCUT2D eigenvalue weighted by Gasteiger charge is -2.21. The molecule has 0 atom stereocenters. The lowest BCUT2D eigenvalue weighted by molar-refractivity contribution is 0.0964. The number of benzene rings is 4. The largest absolute Gasteiger partial charge is 0.455 e. The number of aliphatic imine (C=N–C) groups is 1. The fraction of sp³-hybridized carbons (Fsp3) is 0.0968. The number of nitrogens with one attached hydrogen (secondary N) is 2. The average Bonchev–Trinajstić information content (AvgIpc) is 3.37. The molecule has 1 aromatic heterocycles. The van der Waals surface area contributed by atoms with Gasteiger partial charge in [0.05, 0.1) is 23.2 Å². The Hall–Kier alpha value is -5.01. The van der Waals surface area contributed by atoms with Crippen molar-refractivity contribution in [2.24, 2.45) is 4.99 Å². The van der Waals surface area contributed by atoms with Crippen LogP contribution in [0.3, 0.4) is 0 Å². The van der Waals surface area contributed by atoms with E-state index in [9.17, 15) is 26.0 Å². The maximum Gasteiger partial charge on any atom is 0.265 e. The van der Waals surface area contributed by atoms with Crippen LogP contribution in [0.15, 0.2) is 99.2 Å². The number of furan rings is 1. The monoisotopic (exact) mass is 632 g/mol. The molecular formula is C31H25FN4O6S2. The highest BCUT2D eigenvalue weighted by molar-refractivity contribution is 7.92. The van der Waals surface area contributed by atoms with E-state index in [2.05, 4.69) is 15.0 Å². The van der Waals surface area contributed by atoms with Gasteiger partial charge in [0.15, 0.2) is 0 Å². The van der Waals surface area contributed by atoms with Gasteiger partial charge in [-0.3, -0.25) is 13.8 Å². The molecule has 0 saturated heterocycles. The summed E-state index contributed by atoms with van der Waals surface area (Å²) in [4.78, 5) is 17.7. The van der Waals surface area contributed by atoms with E-state index in [-0.39, 0.29) is 39.0 Å². The highest BCUT2D eigenvalue weighted by Crippen LogP contribution is 2.41. The number of para-hydroxylation sites is 1. The van der Waals surface area contributed by atoms with Crippen LogP contribution in [0.2, 0.25) is 0 Å². The third-order valence-electron chi connectivity index (χ3n) is 7.27. The van der Waals surface area contributed by atoms with Crippen molar-refractivity contribution < 1.29 is 30.4 Å². The summed E-state index contributed by atoms with van der Waals surface area (Å²) in [5.74, 6) is -0.643. The molecule has 0 spiro atoms. The number of amides is 1. The Kier molecular flexibility index (Phi) is 7.01. The molecule has 0 saturated carbocycles. The van der Waals surface area contributed by atoms with Crippen LogP contribution in [-0.4, -0.2) is 48.9 Å². The van der Waals surface area contributed by atoms with E-state index >= 15 is 0 Å². The molecule has 44 heavy (non-hydrogen) atoms. The zero-order valence-electron chi connectivity index (χ0n) is 23.6. The van der Waals surface area contributed by atoms with Crippen molar-refractivity contribution in [3.05, 3.63) is 102 Å². The Morgan fingerprint density at radius 1 is 0.955 bits per heavy atom. The highest BCUT2D eigenvalue weighted by atomic mass is 32.2. The topological polar surface area (TPSA) is 138 Å². The molecule has 1 aliphatic heterocycles. The number of anilines is 1. The summed E-state index contributed by atoms with van der Waals surface area (Å²) in [5, 5.41) is 3.00. The highest BCUT2D eigenvalue weighted by Gasteiger charge is 2.28. The normalized spacial score (nSPS) is 14.0. The molecule has 5 aromatic rings. The predicted molar refractivity (Wildman–Crippen MR) is 167 cm³/mol. The second-order valence-electron chi connectivity index (χ2n) is 10.1. The van der Waals surface area contributed by atoms with Crippen molar-refractivity contribution in [2.45, 2.75) is 4.90 Å². The summed E-state index contributed by atoms with van der Waals surface area (Å²) in [7, 11) is -4.78. The second kappa shape index (κ2) is 10.6. The molecule has 1 amide bonds. The summed E-state index contributed by atoms with van der Waals surface area (Å²) in [6.45, 7) is 0. The molecule has 13 heteroatoms. The van der Waals surface area contributed by atoms with Crippen LogP contribution >= 0.6 is 0 Å². The first-order chi connectivity index (χ1) is 20.9. The summed E-state index contributed by atoms with van der Waals surface area (Å²) >= 11 is 0. The zero-order valence-corrected chi connectivity index (χ0v) is 25.3. The van der Waals surface area contributed by atoms with Crippen LogP contribution in [-0.2, 0) is 20.0 Å². The van der Waals surface area contributed by atoms with Gasteiger partial charge in [-0.1, -0.05) is 30.3 Å². The summed E-state index contributed by atoms with van der Waals surface area (Å²) in [6.07, 6.45) is 1.06. The molecule has 0 unspecified atom stereocenters. The summed E-state index contributed by atoms with van der Waals surface area (Å²) in [5.41, 5.74) is 2.76. The Bertz CT molecular complexity index is 2230. The van der Waals surface area contributed by atoms with Gasteiger partial charge in [-0.25, -0.2) is 26.2 Å². The van der Waals surface area contributed by atoms with Crippen LogP contribution in [0.1, 0.15) is 15.9 Å². The third-order valence-corrected chi connectivity index (χ3v) is 9.85. The Balaban J connectivity index is 1.59. The number of carbonyl (C=O) groups excluding carboxylic acids is 1. The lowest BCUT2D eigenvalue weighted by Crippen LogP contribution is -2.33. The number of sulfonamides is 2.